The second kappa shape index (κ2) is 7.97. The predicted octanol–water partition coefficient (Wildman–Crippen LogP) is 3.60. The standard InChI is InChI=1S/C20H15ClFN5O3S/c1-26(14-4-2-13(22)3-5-14)31(29,30)15-6-7-17(21)16(12-15)20(28)25-19-8-10-23-18-9-11-24-27(18)19/h2-12H,1H3,(H,25,28). The van der Waals surface area contributed by atoms with Crippen LogP contribution in [0, 0.1) is 5.82 Å². The van der Waals surface area contributed by atoms with E-state index < -0.39 is 21.7 Å². The second-order valence-corrected chi connectivity index (χ2v) is 8.85. The van der Waals surface area contributed by atoms with Crippen molar-refractivity contribution in [1.29, 1.82) is 0 Å². The molecule has 0 saturated carbocycles. The summed E-state index contributed by atoms with van der Waals surface area (Å²) in [5, 5.41) is 6.82. The van der Waals surface area contributed by atoms with Crippen LogP contribution >= 0.6 is 11.6 Å². The van der Waals surface area contributed by atoms with Gasteiger partial charge in [0.25, 0.3) is 15.9 Å². The van der Waals surface area contributed by atoms with Gasteiger partial charge < -0.3 is 5.32 Å². The lowest BCUT2D eigenvalue weighted by Crippen LogP contribution is -2.27. The van der Waals surface area contributed by atoms with E-state index in [0.29, 0.717) is 11.5 Å². The molecule has 0 saturated heterocycles. The number of rotatable bonds is 5. The molecule has 4 rings (SSSR count). The Morgan fingerprint density at radius 2 is 1.84 bits per heavy atom. The number of carbonyl (C=O) groups excluding carboxylic acids is 1. The zero-order valence-electron chi connectivity index (χ0n) is 16.0. The summed E-state index contributed by atoms with van der Waals surface area (Å²) >= 11 is 6.17. The lowest BCUT2D eigenvalue weighted by molar-refractivity contribution is 0.102. The molecule has 2 aromatic carbocycles. The van der Waals surface area contributed by atoms with Gasteiger partial charge >= 0.3 is 0 Å². The van der Waals surface area contributed by atoms with Crippen LogP contribution in [0.15, 0.2) is 71.9 Å². The van der Waals surface area contributed by atoms with Crippen molar-refractivity contribution in [3.8, 4) is 0 Å². The van der Waals surface area contributed by atoms with E-state index in [1.54, 1.807) is 12.1 Å². The molecule has 4 aromatic rings. The third kappa shape index (κ3) is 3.94. The number of hydrogen-bond donors (Lipinski definition) is 1. The molecular weight excluding hydrogens is 445 g/mol. The first kappa shape index (κ1) is 20.8. The van der Waals surface area contributed by atoms with Crippen LogP contribution in [0.5, 0.6) is 0 Å². The Kier molecular flexibility index (Phi) is 5.34. The third-order valence-electron chi connectivity index (χ3n) is 4.56. The number of benzene rings is 2. The van der Waals surface area contributed by atoms with Crippen LogP contribution < -0.4 is 9.62 Å². The van der Waals surface area contributed by atoms with Crippen LogP contribution in [0.1, 0.15) is 10.4 Å². The van der Waals surface area contributed by atoms with E-state index in [1.165, 1.54) is 54.3 Å². The molecule has 8 nitrogen and oxygen atoms in total. The lowest BCUT2D eigenvalue weighted by Gasteiger charge is -2.20. The van der Waals surface area contributed by atoms with Crippen molar-refractivity contribution in [2.24, 2.45) is 0 Å². The molecular formula is C20H15ClFN5O3S. The SMILES string of the molecule is CN(c1ccc(F)cc1)S(=O)(=O)c1ccc(Cl)c(C(=O)Nc2ccnc3ccnn23)c1. The molecule has 0 unspecified atom stereocenters. The average molecular weight is 460 g/mol. The normalized spacial score (nSPS) is 11.5. The second-order valence-electron chi connectivity index (χ2n) is 6.48. The Morgan fingerprint density at radius 1 is 1.10 bits per heavy atom. The van der Waals surface area contributed by atoms with Crippen LogP contribution in [0.25, 0.3) is 5.65 Å². The van der Waals surface area contributed by atoms with Crippen molar-refractivity contribution in [3.63, 3.8) is 0 Å². The van der Waals surface area contributed by atoms with E-state index in [0.717, 1.165) is 16.4 Å². The Balaban J connectivity index is 1.67. The molecule has 158 valence electrons. The number of halogens is 2. The molecule has 11 heteroatoms. The number of amides is 1. The smallest absolute Gasteiger partial charge is 0.264 e. The van der Waals surface area contributed by atoms with E-state index in [-0.39, 0.29) is 21.2 Å². The van der Waals surface area contributed by atoms with Crippen molar-refractivity contribution in [2.45, 2.75) is 4.90 Å². The van der Waals surface area contributed by atoms with Gasteiger partial charge in [-0.3, -0.25) is 9.10 Å². The number of nitrogens with one attached hydrogen (secondary N) is 1. The molecule has 31 heavy (non-hydrogen) atoms. The van der Waals surface area contributed by atoms with Gasteiger partial charge in [-0.1, -0.05) is 11.6 Å². The molecule has 0 radical (unpaired) electrons. The van der Waals surface area contributed by atoms with Gasteiger partial charge in [0.2, 0.25) is 0 Å². The minimum absolute atomic E-state index is 0.0348. The largest absolute Gasteiger partial charge is 0.306 e. The van der Waals surface area contributed by atoms with Crippen molar-refractivity contribution >= 4 is 44.7 Å². The Hall–Kier alpha value is -3.50. The van der Waals surface area contributed by atoms with Crippen molar-refractivity contribution < 1.29 is 17.6 Å². The van der Waals surface area contributed by atoms with Gasteiger partial charge in [-0.25, -0.2) is 17.8 Å². The molecule has 2 heterocycles. The van der Waals surface area contributed by atoms with Crippen molar-refractivity contribution in [2.75, 3.05) is 16.7 Å². The van der Waals surface area contributed by atoms with Crippen LogP contribution in [-0.2, 0) is 10.0 Å². The first-order valence-electron chi connectivity index (χ1n) is 8.91. The highest BCUT2D eigenvalue weighted by molar-refractivity contribution is 7.92. The quantitative estimate of drug-likeness (QED) is 0.492. The highest BCUT2D eigenvalue weighted by atomic mass is 35.5. The topological polar surface area (TPSA) is 96.7 Å². The van der Waals surface area contributed by atoms with Gasteiger partial charge in [0.05, 0.1) is 27.4 Å². The number of anilines is 2. The number of carbonyl (C=O) groups is 1. The van der Waals surface area contributed by atoms with Crippen LogP contribution in [0.4, 0.5) is 15.9 Å². The summed E-state index contributed by atoms with van der Waals surface area (Å²) in [5.74, 6) is -0.760. The molecule has 0 aliphatic heterocycles. The highest BCUT2D eigenvalue weighted by Gasteiger charge is 2.24. The van der Waals surface area contributed by atoms with Crippen molar-refractivity contribution in [3.05, 3.63) is 83.4 Å². The van der Waals surface area contributed by atoms with Crippen LogP contribution in [-0.4, -0.2) is 36.0 Å². The van der Waals surface area contributed by atoms with Gasteiger partial charge in [0.1, 0.15) is 11.6 Å². The summed E-state index contributed by atoms with van der Waals surface area (Å²) in [6.07, 6.45) is 3.04. The summed E-state index contributed by atoms with van der Waals surface area (Å²) in [6.45, 7) is 0. The van der Waals surface area contributed by atoms with Gasteiger partial charge in [0, 0.05) is 19.3 Å². The minimum atomic E-state index is -4.03. The lowest BCUT2D eigenvalue weighted by atomic mass is 10.2. The van der Waals surface area contributed by atoms with Gasteiger partial charge in [0.15, 0.2) is 5.65 Å². The summed E-state index contributed by atoms with van der Waals surface area (Å²) < 4.78 is 41.7. The Bertz CT molecular complexity index is 1390. The van der Waals surface area contributed by atoms with Gasteiger partial charge in [-0.05, 0) is 48.5 Å². The number of hydrogen-bond acceptors (Lipinski definition) is 5. The molecule has 2 aromatic heterocycles. The molecule has 0 bridgehead atoms. The molecule has 0 atom stereocenters. The van der Waals surface area contributed by atoms with Crippen LogP contribution in [0.3, 0.4) is 0 Å². The Labute approximate surface area is 182 Å². The number of nitrogens with zero attached hydrogens (tertiary/aromatic N) is 4. The maximum absolute atomic E-state index is 13.2. The first-order chi connectivity index (χ1) is 14.8. The zero-order valence-corrected chi connectivity index (χ0v) is 17.6. The molecule has 1 N–H and O–H groups in total. The summed E-state index contributed by atoms with van der Waals surface area (Å²) in [5.41, 5.74) is 0.758. The van der Waals surface area contributed by atoms with E-state index in [1.807, 2.05) is 0 Å². The third-order valence-corrected chi connectivity index (χ3v) is 6.67. The summed E-state index contributed by atoms with van der Waals surface area (Å²) in [6, 6.07) is 12.0. The number of sulfonamides is 1. The average Bonchev–Trinajstić information content (AvgIpc) is 3.24. The zero-order chi connectivity index (χ0) is 22.2. The molecule has 0 spiro atoms. The molecule has 0 aliphatic rings. The van der Waals surface area contributed by atoms with Crippen LogP contribution in [0.2, 0.25) is 5.02 Å². The van der Waals surface area contributed by atoms with Gasteiger partial charge in [-0.15, -0.1) is 0 Å². The van der Waals surface area contributed by atoms with E-state index in [2.05, 4.69) is 15.4 Å². The number of fused-ring (bicyclic) bond motifs is 1. The molecule has 0 aliphatic carbocycles. The fourth-order valence-corrected chi connectivity index (χ4v) is 4.33. The highest BCUT2D eigenvalue weighted by Crippen LogP contribution is 2.26. The predicted molar refractivity (Wildman–Crippen MR) is 114 cm³/mol. The Morgan fingerprint density at radius 3 is 2.58 bits per heavy atom. The fourth-order valence-electron chi connectivity index (χ4n) is 2.90. The molecule has 0 fully saturated rings. The monoisotopic (exact) mass is 459 g/mol. The summed E-state index contributed by atoms with van der Waals surface area (Å²) in [4.78, 5) is 16.8. The summed E-state index contributed by atoms with van der Waals surface area (Å²) in [7, 11) is -2.70. The van der Waals surface area contributed by atoms with E-state index in [9.17, 15) is 17.6 Å². The maximum atomic E-state index is 13.2. The molecule has 1 amide bonds. The van der Waals surface area contributed by atoms with E-state index >= 15 is 0 Å². The number of aromatic nitrogens is 3. The van der Waals surface area contributed by atoms with Gasteiger partial charge in [-0.2, -0.15) is 9.61 Å². The minimum Gasteiger partial charge on any atom is -0.306 e. The van der Waals surface area contributed by atoms with Crippen molar-refractivity contribution in [1.82, 2.24) is 14.6 Å². The first-order valence-corrected chi connectivity index (χ1v) is 10.7. The van der Waals surface area contributed by atoms with E-state index in [4.69, 9.17) is 11.6 Å². The maximum Gasteiger partial charge on any atom is 0.264 e. The fraction of sp³-hybridized carbons (Fsp3) is 0.0500.